The molecule has 1 nitrogen and oxygen atoms in total. The molecular formula is C12H15F3O. The summed E-state index contributed by atoms with van der Waals surface area (Å²) in [4.78, 5) is 0. The van der Waals surface area contributed by atoms with Crippen molar-refractivity contribution in [3.63, 3.8) is 0 Å². The molecule has 0 aromatic heterocycles. The second-order valence-electron chi connectivity index (χ2n) is 4.14. The summed E-state index contributed by atoms with van der Waals surface area (Å²) < 4.78 is 39.9. The topological polar surface area (TPSA) is 20.2 Å². The zero-order valence-electron chi connectivity index (χ0n) is 9.30. The highest BCUT2D eigenvalue weighted by molar-refractivity contribution is 5.18. The first kappa shape index (κ1) is 13.0. The molecule has 1 atom stereocenters. The molecule has 0 radical (unpaired) electrons. The van der Waals surface area contributed by atoms with Gasteiger partial charge in [-0.3, -0.25) is 0 Å². The molecule has 90 valence electrons. The van der Waals surface area contributed by atoms with Gasteiger partial charge in [-0.1, -0.05) is 19.1 Å². The fraction of sp³-hybridized carbons (Fsp3) is 0.500. The third-order valence-corrected chi connectivity index (χ3v) is 2.82. The van der Waals surface area contributed by atoms with Gasteiger partial charge in [0, 0.05) is 6.42 Å². The highest BCUT2D eigenvalue weighted by atomic mass is 19.3. The van der Waals surface area contributed by atoms with E-state index in [4.69, 9.17) is 0 Å². The highest BCUT2D eigenvalue weighted by Crippen LogP contribution is 2.34. The standard InChI is InChI=1S/C12H15F3O/c1-3-11(2,16)12(14,15)8-9-4-6-10(13)7-5-9/h4-7,16H,3,8H2,1-2H3. The van der Waals surface area contributed by atoms with Gasteiger partial charge in [0.25, 0.3) is 5.92 Å². The van der Waals surface area contributed by atoms with Crippen molar-refractivity contribution in [1.29, 1.82) is 0 Å². The van der Waals surface area contributed by atoms with Crippen molar-refractivity contribution in [1.82, 2.24) is 0 Å². The van der Waals surface area contributed by atoms with E-state index in [0.717, 1.165) is 19.1 Å². The average Bonchev–Trinajstić information content (AvgIpc) is 2.21. The Morgan fingerprint density at radius 1 is 1.19 bits per heavy atom. The lowest BCUT2D eigenvalue weighted by atomic mass is 9.90. The van der Waals surface area contributed by atoms with Gasteiger partial charge >= 0.3 is 0 Å². The molecule has 0 aliphatic carbocycles. The maximum atomic E-state index is 13.6. The molecule has 0 aliphatic rings. The molecule has 0 fully saturated rings. The third kappa shape index (κ3) is 2.76. The van der Waals surface area contributed by atoms with Gasteiger partial charge in [0.2, 0.25) is 0 Å². The van der Waals surface area contributed by atoms with Crippen LogP contribution in [0.25, 0.3) is 0 Å². The van der Waals surface area contributed by atoms with Crippen LogP contribution in [-0.4, -0.2) is 16.6 Å². The monoisotopic (exact) mass is 232 g/mol. The van der Waals surface area contributed by atoms with E-state index in [1.165, 1.54) is 19.1 Å². The zero-order valence-corrected chi connectivity index (χ0v) is 9.30. The van der Waals surface area contributed by atoms with E-state index in [0.29, 0.717) is 5.56 Å². The molecule has 16 heavy (non-hydrogen) atoms. The van der Waals surface area contributed by atoms with Crippen molar-refractivity contribution in [2.24, 2.45) is 0 Å². The van der Waals surface area contributed by atoms with Gasteiger partial charge in [-0.25, -0.2) is 13.2 Å². The predicted octanol–water partition coefficient (Wildman–Crippen LogP) is 3.16. The Morgan fingerprint density at radius 2 is 1.69 bits per heavy atom. The number of rotatable bonds is 4. The molecule has 4 heteroatoms. The van der Waals surface area contributed by atoms with Gasteiger partial charge in [-0.2, -0.15) is 0 Å². The fourth-order valence-electron chi connectivity index (χ4n) is 1.31. The molecule has 0 aliphatic heterocycles. The summed E-state index contributed by atoms with van der Waals surface area (Å²) in [5.74, 6) is -3.69. The second kappa shape index (κ2) is 4.45. The first-order valence-electron chi connectivity index (χ1n) is 5.13. The normalized spacial score (nSPS) is 15.9. The van der Waals surface area contributed by atoms with Crippen molar-refractivity contribution < 1.29 is 18.3 Å². The lowest BCUT2D eigenvalue weighted by Gasteiger charge is -2.31. The molecule has 1 N–H and O–H groups in total. The van der Waals surface area contributed by atoms with Crippen molar-refractivity contribution in [3.8, 4) is 0 Å². The first-order valence-corrected chi connectivity index (χ1v) is 5.13. The van der Waals surface area contributed by atoms with Crippen molar-refractivity contribution in [2.75, 3.05) is 0 Å². The first-order chi connectivity index (χ1) is 7.28. The largest absolute Gasteiger partial charge is 0.384 e. The van der Waals surface area contributed by atoms with Gasteiger partial charge in [-0.05, 0) is 31.0 Å². The predicted molar refractivity (Wildman–Crippen MR) is 56.0 cm³/mol. The highest BCUT2D eigenvalue weighted by Gasteiger charge is 2.47. The van der Waals surface area contributed by atoms with Crippen LogP contribution in [-0.2, 0) is 6.42 Å². The van der Waals surface area contributed by atoms with Crippen LogP contribution in [0.5, 0.6) is 0 Å². The summed E-state index contributed by atoms with van der Waals surface area (Å²) in [5, 5.41) is 9.54. The Kier molecular flexibility index (Phi) is 3.63. The molecule has 1 unspecified atom stereocenters. The van der Waals surface area contributed by atoms with E-state index in [1.54, 1.807) is 0 Å². The summed E-state index contributed by atoms with van der Waals surface area (Å²) in [6, 6.07) is 4.86. The number of hydrogen-bond acceptors (Lipinski definition) is 1. The average molecular weight is 232 g/mol. The van der Waals surface area contributed by atoms with Crippen LogP contribution in [0.3, 0.4) is 0 Å². The molecule has 0 heterocycles. The molecule has 0 saturated heterocycles. The maximum absolute atomic E-state index is 13.6. The minimum atomic E-state index is -3.22. The number of alkyl halides is 2. The second-order valence-corrected chi connectivity index (χ2v) is 4.14. The molecule has 0 spiro atoms. The third-order valence-electron chi connectivity index (χ3n) is 2.82. The number of hydrogen-bond donors (Lipinski definition) is 1. The van der Waals surface area contributed by atoms with E-state index < -0.39 is 23.8 Å². The summed E-state index contributed by atoms with van der Waals surface area (Å²) in [5.41, 5.74) is -1.73. The molecule has 0 saturated carbocycles. The van der Waals surface area contributed by atoms with Crippen LogP contribution in [0.4, 0.5) is 13.2 Å². The minimum absolute atomic E-state index is 0.0405. The molecular weight excluding hydrogens is 217 g/mol. The lowest BCUT2D eigenvalue weighted by Crippen LogP contribution is -2.46. The maximum Gasteiger partial charge on any atom is 0.279 e. The van der Waals surface area contributed by atoms with Gasteiger partial charge in [0.05, 0.1) is 0 Å². The lowest BCUT2D eigenvalue weighted by molar-refractivity contribution is -0.171. The van der Waals surface area contributed by atoms with E-state index in [9.17, 15) is 18.3 Å². The Balaban J connectivity index is 2.84. The van der Waals surface area contributed by atoms with E-state index in [2.05, 4.69) is 0 Å². The molecule has 1 rings (SSSR count). The SMILES string of the molecule is CCC(C)(O)C(F)(F)Cc1ccc(F)cc1. The van der Waals surface area contributed by atoms with Crippen LogP contribution in [0.1, 0.15) is 25.8 Å². The number of benzene rings is 1. The number of halogens is 3. The van der Waals surface area contributed by atoms with E-state index in [-0.39, 0.29) is 6.42 Å². The van der Waals surface area contributed by atoms with Crippen LogP contribution < -0.4 is 0 Å². The van der Waals surface area contributed by atoms with Crippen molar-refractivity contribution in [2.45, 2.75) is 38.2 Å². The zero-order chi connectivity index (χ0) is 12.4. The van der Waals surface area contributed by atoms with Crippen molar-refractivity contribution in [3.05, 3.63) is 35.6 Å². The number of aliphatic hydroxyl groups is 1. The molecule has 0 bridgehead atoms. The Hall–Kier alpha value is -1.03. The van der Waals surface area contributed by atoms with Gasteiger partial charge in [-0.15, -0.1) is 0 Å². The van der Waals surface area contributed by atoms with Gasteiger partial charge in [0.1, 0.15) is 11.4 Å². The summed E-state index contributed by atoms with van der Waals surface area (Å²) >= 11 is 0. The Labute approximate surface area is 92.9 Å². The van der Waals surface area contributed by atoms with Crippen LogP contribution in [0.15, 0.2) is 24.3 Å². The molecule has 1 aromatic rings. The molecule has 1 aromatic carbocycles. The summed E-state index contributed by atoms with van der Waals surface area (Å²) in [7, 11) is 0. The quantitative estimate of drug-likeness (QED) is 0.845. The smallest absolute Gasteiger partial charge is 0.279 e. The van der Waals surface area contributed by atoms with E-state index >= 15 is 0 Å². The van der Waals surface area contributed by atoms with Crippen LogP contribution >= 0.6 is 0 Å². The van der Waals surface area contributed by atoms with Gasteiger partial charge < -0.3 is 5.11 Å². The fourth-order valence-corrected chi connectivity index (χ4v) is 1.31. The Bertz CT molecular complexity index is 344. The van der Waals surface area contributed by atoms with Crippen molar-refractivity contribution >= 4 is 0 Å². The van der Waals surface area contributed by atoms with Crippen LogP contribution in [0, 0.1) is 5.82 Å². The van der Waals surface area contributed by atoms with E-state index in [1.807, 2.05) is 0 Å². The van der Waals surface area contributed by atoms with Crippen LogP contribution in [0.2, 0.25) is 0 Å². The Morgan fingerprint density at radius 3 is 2.12 bits per heavy atom. The summed E-state index contributed by atoms with van der Waals surface area (Å²) in [6.45, 7) is 2.61. The molecule has 0 amide bonds. The van der Waals surface area contributed by atoms with Gasteiger partial charge in [0.15, 0.2) is 0 Å². The summed E-state index contributed by atoms with van der Waals surface area (Å²) in [6.07, 6.45) is -0.630. The minimum Gasteiger partial charge on any atom is -0.384 e.